The number of nitrogens with zero attached hydrogens (tertiary/aromatic N) is 1. The molecule has 1 aliphatic heterocycles. The van der Waals surface area contributed by atoms with Crippen molar-refractivity contribution in [1.29, 1.82) is 0 Å². The van der Waals surface area contributed by atoms with Crippen molar-refractivity contribution in [1.82, 2.24) is 10.2 Å². The second-order valence-corrected chi connectivity index (χ2v) is 5.85. The van der Waals surface area contributed by atoms with Gasteiger partial charge in [0, 0.05) is 12.6 Å². The predicted molar refractivity (Wildman–Crippen MR) is 73.9 cm³/mol. The third-order valence-corrected chi connectivity index (χ3v) is 4.43. The van der Waals surface area contributed by atoms with Crippen LogP contribution in [0.15, 0.2) is 12.1 Å². The Hall–Kier alpha value is -1.40. The number of hydrogen-bond donors (Lipinski definition) is 2. The van der Waals surface area contributed by atoms with E-state index in [2.05, 4.69) is 17.1 Å². The lowest BCUT2D eigenvalue weighted by atomic mass is 10.3. The summed E-state index contributed by atoms with van der Waals surface area (Å²) >= 11 is 1.01. The van der Waals surface area contributed by atoms with Crippen LogP contribution in [0.5, 0.6) is 0 Å². The van der Waals surface area contributed by atoms with Gasteiger partial charge in [0.15, 0.2) is 0 Å². The summed E-state index contributed by atoms with van der Waals surface area (Å²) in [6, 6.07) is 3.35. The van der Waals surface area contributed by atoms with E-state index >= 15 is 0 Å². The molecule has 1 saturated heterocycles. The predicted octanol–water partition coefficient (Wildman–Crippen LogP) is 1.66. The number of carboxylic acid groups (broad SMARTS) is 1. The highest BCUT2D eigenvalue weighted by Crippen LogP contribution is 2.16. The molecule has 2 rings (SSSR count). The Morgan fingerprint density at radius 2 is 2.00 bits per heavy atom. The first-order valence-corrected chi connectivity index (χ1v) is 7.25. The Labute approximate surface area is 116 Å². The second-order valence-electron chi connectivity index (χ2n) is 4.77. The molecule has 0 radical (unpaired) electrons. The van der Waals surface area contributed by atoms with Gasteiger partial charge in [0.05, 0.1) is 4.88 Å². The van der Waals surface area contributed by atoms with Crippen LogP contribution in [-0.4, -0.2) is 47.6 Å². The zero-order chi connectivity index (χ0) is 13.8. The summed E-state index contributed by atoms with van der Waals surface area (Å²) in [6.45, 7) is 4.89. The van der Waals surface area contributed by atoms with E-state index in [4.69, 9.17) is 5.11 Å². The first kappa shape index (κ1) is 14.0. The molecule has 2 heterocycles. The van der Waals surface area contributed by atoms with Gasteiger partial charge in [-0.1, -0.05) is 0 Å². The van der Waals surface area contributed by atoms with Crippen molar-refractivity contribution in [2.75, 3.05) is 19.6 Å². The molecule has 1 aromatic rings. The van der Waals surface area contributed by atoms with E-state index in [1.807, 2.05) is 0 Å². The van der Waals surface area contributed by atoms with Gasteiger partial charge in [-0.2, -0.15) is 0 Å². The fraction of sp³-hybridized carbons (Fsp3) is 0.538. The zero-order valence-electron chi connectivity index (χ0n) is 10.9. The van der Waals surface area contributed by atoms with E-state index in [9.17, 15) is 9.59 Å². The Morgan fingerprint density at radius 1 is 1.37 bits per heavy atom. The third-order valence-electron chi connectivity index (χ3n) is 3.36. The van der Waals surface area contributed by atoms with Gasteiger partial charge in [-0.05, 0) is 45.0 Å². The molecule has 104 valence electrons. The van der Waals surface area contributed by atoms with Gasteiger partial charge in [-0.15, -0.1) is 11.3 Å². The Balaban J connectivity index is 1.84. The highest BCUT2D eigenvalue weighted by molar-refractivity contribution is 7.15. The van der Waals surface area contributed by atoms with Crippen molar-refractivity contribution in [2.45, 2.75) is 25.8 Å². The van der Waals surface area contributed by atoms with E-state index < -0.39 is 5.97 Å². The molecule has 0 spiro atoms. The summed E-state index contributed by atoms with van der Waals surface area (Å²) in [5, 5.41) is 11.7. The summed E-state index contributed by atoms with van der Waals surface area (Å²) in [5.41, 5.74) is 0. The van der Waals surface area contributed by atoms with Gasteiger partial charge < -0.3 is 10.4 Å². The van der Waals surface area contributed by atoms with Crippen LogP contribution in [0.4, 0.5) is 0 Å². The van der Waals surface area contributed by atoms with Gasteiger partial charge in [-0.25, -0.2) is 4.79 Å². The van der Waals surface area contributed by atoms with Crippen molar-refractivity contribution in [3.63, 3.8) is 0 Å². The van der Waals surface area contributed by atoms with E-state index in [0.29, 0.717) is 17.5 Å². The lowest BCUT2D eigenvalue weighted by molar-refractivity contribution is 0.0702. The second kappa shape index (κ2) is 6.16. The van der Waals surface area contributed by atoms with Crippen molar-refractivity contribution in [3.8, 4) is 0 Å². The number of carboxylic acids is 1. The summed E-state index contributed by atoms with van der Waals surface area (Å²) in [7, 11) is 0. The molecule has 1 aromatic heterocycles. The molecule has 1 aliphatic rings. The van der Waals surface area contributed by atoms with Crippen LogP contribution >= 0.6 is 11.3 Å². The first-order chi connectivity index (χ1) is 9.08. The van der Waals surface area contributed by atoms with Crippen LogP contribution in [-0.2, 0) is 0 Å². The zero-order valence-corrected chi connectivity index (χ0v) is 11.7. The lowest BCUT2D eigenvalue weighted by Crippen LogP contribution is -2.40. The topological polar surface area (TPSA) is 69.6 Å². The van der Waals surface area contributed by atoms with E-state index in [-0.39, 0.29) is 10.8 Å². The molecule has 19 heavy (non-hydrogen) atoms. The fourth-order valence-electron chi connectivity index (χ4n) is 2.21. The number of nitrogens with one attached hydrogen (secondary N) is 1. The minimum absolute atomic E-state index is 0.191. The molecule has 1 atom stereocenters. The maximum Gasteiger partial charge on any atom is 0.345 e. The van der Waals surface area contributed by atoms with Crippen LogP contribution in [0, 0.1) is 0 Å². The van der Waals surface area contributed by atoms with Gasteiger partial charge in [-0.3, -0.25) is 9.69 Å². The molecular formula is C13H18N2O3S. The molecule has 0 aliphatic carbocycles. The molecule has 1 amide bonds. The average molecular weight is 282 g/mol. The standard InChI is InChI=1S/C13H18N2O3S/c1-9(15-6-2-3-7-15)8-14-12(16)10-4-5-11(19-10)13(17)18/h4-5,9H,2-3,6-8H2,1H3,(H,14,16)(H,17,18). The van der Waals surface area contributed by atoms with Crippen molar-refractivity contribution in [3.05, 3.63) is 21.9 Å². The summed E-state index contributed by atoms with van der Waals surface area (Å²) in [4.78, 5) is 25.6. The molecule has 6 heteroatoms. The van der Waals surface area contributed by atoms with E-state index in [1.54, 1.807) is 6.07 Å². The minimum atomic E-state index is -0.991. The number of likely N-dealkylation sites (tertiary alicyclic amines) is 1. The van der Waals surface area contributed by atoms with E-state index in [1.165, 1.54) is 18.9 Å². The SMILES string of the molecule is CC(CNC(=O)c1ccc(C(=O)O)s1)N1CCCC1. The summed E-state index contributed by atoms with van der Waals surface area (Å²) < 4.78 is 0. The maximum atomic E-state index is 11.9. The largest absolute Gasteiger partial charge is 0.477 e. The van der Waals surface area contributed by atoms with E-state index in [0.717, 1.165) is 24.4 Å². The highest BCUT2D eigenvalue weighted by Gasteiger charge is 2.19. The fourth-order valence-corrected chi connectivity index (χ4v) is 2.98. The van der Waals surface area contributed by atoms with Gasteiger partial charge in [0.2, 0.25) is 0 Å². The average Bonchev–Trinajstić information content (AvgIpc) is 3.05. The van der Waals surface area contributed by atoms with Crippen LogP contribution in [0.1, 0.15) is 39.1 Å². The molecule has 0 bridgehead atoms. The van der Waals surface area contributed by atoms with Gasteiger partial charge >= 0.3 is 5.97 Å². The number of carbonyl (C=O) groups is 2. The highest BCUT2D eigenvalue weighted by atomic mass is 32.1. The lowest BCUT2D eigenvalue weighted by Gasteiger charge is -2.23. The van der Waals surface area contributed by atoms with Crippen molar-refractivity contribution in [2.24, 2.45) is 0 Å². The Morgan fingerprint density at radius 3 is 2.58 bits per heavy atom. The normalized spacial score (nSPS) is 17.3. The maximum absolute atomic E-state index is 11.9. The number of carbonyl (C=O) groups excluding carboxylic acids is 1. The molecule has 2 N–H and O–H groups in total. The monoisotopic (exact) mass is 282 g/mol. The number of aromatic carboxylic acids is 1. The number of amides is 1. The van der Waals surface area contributed by atoms with Crippen molar-refractivity contribution >= 4 is 23.2 Å². The Kier molecular flexibility index (Phi) is 4.55. The Bertz CT molecular complexity index is 466. The van der Waals surface area contributed by atoms with Crippen molar-refractivity contribution < 1.29 is 14.7 Å². The first-order valence-electron chi connectivity index (χ1n) is 6.43. The van der Waals surface area contributed by atoms with Gasteiger partial charge in [0.25, 0.3) is 5.91 Å². The molecular weight excluding hydrogens is 264 g/mol. The van der Waals surface area contributed by atoms with Crippen LogP contribution < -0.4 is 5.32 Å². The minimum Gasteiger partial charge on any atom is -0.477 e. The molecule has 0 aromatic carbocycles. The smallest absolute Gasteiger partial charge is 0.345 e. The summed E-state index contributed by atoms with van der Waals surface area (Å²) in [5.74, 6) is -1.18. The number of rotatable bonds is 5. The third kappa shape index (κ3) is 3.54. The van der Waals surface area contributed by atoms with Crippen LogP contribution in [0.3, 0.4) is 0 Å². The van der Waals surface area contributed by atoms with Crippen LogP contribution in [0.2, 0.25) is 0 Å². The van der Waals surface area contributed by atoms with Crippen LogP contribution in [0.25, 0.3) is 0 Å². The number of thiophene rings is 1. The quantitative estimate of drug-likeness (QED) is 0.861. The van der Waals surface area contributed by atoms with Gasteiger partial charge in [0.1, 0.15) is 4.88 Å². The molecule has 1 fully saturated rings. The molecule has 0 saturated carbocycles. The molecule has 5 nitrogen and oxygen atoms in total. The number of hydrogen-bond acceptors (Lipinski definition) is 4. The summed E-state index contributed by atoms with van der Waals surface area (Å²) in [6.07, 6.45) is 2.45. The molecule has 1 unspecified atom stereocenters.